The van der Waals surface area contributed by atoms with Crippen LogP contribution in [0.3, 0.4) is 0 Å². The predicted octanol–water partition coefficient (Wildman–Crippen LogP) is 1.55. The van der Waals surface area contributed by atoms with Crippen LogP contribution in [0.1, 0.15) is 45.4 Å². The molecule has 6 heteroatoms. The van der Waals surface area contributed by atoms with Crippen LogP contribution in [0.25, 0.3) is 0 Å². The normalized spacial score (nSPS) is 20.1. The topological polar surface area (TPSA) is 72.2 Å². The average molecular weight is 278 g/mol. The Morgan fingerprint density at radius 3 is 2.47 bits per heavy atom. The van der Waals surface area contributed by atoms with E-state index in [2.05, 4.69) is 4.72 Å². The number of sulfonamides is 1. The largest absolute Gasteiger partial charge is 0.392 e. The van der Waals surface area contributed by atoms with Crippen molar-refractivity contribution in [3.8, 4) is 0 Å². The third-order valence-electron chi connectivity index (χ3n) is 3.36. The molecule has 0 bridgehead atoms. The van der Waals surface area contributed by atoms with Crippen LogP contribution < -0.4 is 10.5 Å². The molecule has 1 fully saturated rings. The maximum absolute atomic E-state index is 12.0. The molecule has 0 radical (unpaired) electrons. The maximum Gasteiger partial charge on any atom is 0.221 e. The van der Waals surface area contributed by atoms with Gasteiger partial charge in [0.2, 0.25) is 10.0 Å². The fraction of sp³-hybridized carbons (Fsp3) is 0.909. The van der Waals surface area contributed by atoms with Gasteiger partial charge in [-0.15, -0.1) is 0 Å². The summed E-state index contributed by atoms with van der Waals surface area (Å²) in [4.78, 5) is 0.0589. The number of hydrogen-bond donors (Lipinski definition) is 2. The molecule has 1 unspecified atom stereocenters. The summed E-state index contributed by atoms with van der Waals surface area (Å²) in [5, 5.41) is -0.735. The third kappa shape index (κ3) is 4.52. The molecule has 1 atom stereocenters. The first kappa shape index (κ1) is 14.9. The van der Waals surface area contributed by atoms with Crippen molar-refractivity contribution in [2.75, 3.05) is 6.54 Å². The number of nitrogens with two attached hydrogens (primary N) is 1. The second-order valence-corrected chi connectivity index (χ2v) is 7.12. The van der Waals surface area contributed by atoms with E-state index < -0.39 is 15.3 Å². The summed E-state index contributed by atoms with van der Waals surface area (Å²) < 4.78 is 26.6. The van der Waals surface area contributed by atoms with Gasteiger partial charge in [-0.05, 0) is 25.2 Å². The van der Waals surface area contributed by atoms with Gasteiger partial charge in [0.05, 0.1) is 4.99 Å². The molecular weight excluding hydrogens is 256 g/mol. The molecule has 0 aromatic rings. The molecule has 0 saturated heterocycles. The van der Waals surface area contributed by atoms with Crippen molar-refractivity contribution in [3.63, 3.8) is 0 Å². The quantitative estimate of drug-likeness (QED) is 0.723. The van der Waals surface area contributed by atoms with Crippen molar-refractivity contribution < 1.29 is 8.42 Å². The number of nitrogens with one attached hydrogen (secondary N) is 1. The number of hydrogen-bond acceptors (Lipinski definition) is 3. The van der Waals surface area contributed by atoms with Gasteiger partial charge < -0.3 is 5.73 Å². The van der Waals surface area contributed by atoms with Crippen molar-refractivity contribution >= 4 is 27.2 Å². The van der Waals surface area contributed by atoms with E-state index in [9.17, 15) is 8.42 Å². The maximum atomic E-state index is 12.0. The zero-order chi connectivity index (χ0) is 12.9. The average Bonchev–Trinajstić information content (AvgIpc) is 2.28. The summed E-state index contributed by atoms with van der Waals surface area (Å²) >= 11 is 4.79. The van der Waals surface area contributed by atoms with Crippen LogP contribution in [0.15, 0.2) is 0 Å². The lowest BCUT2D eigenvalue weighted by molar-refractivity contribution is 0.357. The van der Waals surface area contributed by atoms with Crippen LogP contribution in [-0.4, -0.2) is 25.2 Å². The Morgan fingerprint density at radius 1 is 1.41 bits per heavy atom. The van der Waals surface area contributed by atoms with Gasteiger partial charge in [0.15, 0.2) is 0 Å². The summed E-state index contributed by atoms with van der Waals surface area (Å²) in [6.07, 6.45) is 6.35. The molecule has 4 nitrogen and oxygen atoms in total. The second kappa shape index (κ2) is 6.66. The molecule has 1 aliphatic rings. The smallest absolute Gasteiger partial charge is 0.221 e. The zero-order valence-electron chi connectivity index (χ0n) is 10.3. The lowest BCUT2D eigenvalue weighted by Gasteiger charge is -2.23. The molecule has 100 valence electrons. The number of thiocarbonyl (C=S) groups is 1. The van der Waals surface area contributed by atoms with Gasteiger partial charge in [-0.1, -0.05) is 38.4 Å². The zero-order valence-corrected chi connectivity index (χ0v) is 11.9. The van der Waals surface area contributed by atoms with E-state index in [0.717, 1.165) is 12.8 Å². The highest BCUT2D eigenvalue weighted by molar-refractivity contribution is 7.93. The van der Waals surface area contributed by atoms with Gasteiger partial charge in [-0.2, -0.15) is 0 Å². The van der Waals surface area contributed by atoms with Crippen LogP contribution in [-0.2, 0) is 10.0 Å². The molecule has 0 aromatic carbocycles. The Labute approximate surface area is 109 Å². The Hall–Kier alpha value is -0.200. The summed E-state index contributed by atoms with van der Waals surface area (Å²) in [5.41, 5.74) is 5.45. The first-order valence-corrected chi connectivity index (χ1v) is 8.20. The van der Waals surface area contributed by atoms with Gasteiger partial charge in [0.25, 0.3) is 0 Å². The summed E-state index contributed by atoms with van der Waals surface area (Å²) in [5.74, 6) is 0.474. The first-order valence-electron chi connectivity index (χ1n) is 6.25. The van der Waals surface area contributed by atoms with Gasteiger partial charge in [0, 0.05) is 6.54 Å². The highest BCUT2D eigenvalue weighted by Crippen LogP contribution is 2.23. The van der Waals surface area contributed by atoms with Gasteiger partial charge in [-0.25, -0.2) is 13.1 Å². The molecule has 0 spiro atoms. The van der Waals surface area contributed by atoms with E-state index in [-0.39, 0.29) is 4.99 Å². The van der Waals surface area contributed by atoms with Crippen LogP contribution in [0.2, 0.25) is 0 Å². The Kier molecular flexibility index (Phi) is 5.82. The summed E-state index contributed by atoms with van der Waals surface area (Å²) in [6, 6.07) is 0. The molecule has 0 heterocycles. The van der Waals surface area contributed by atoms with Crippen molar-refractivity contribution in [1.29, 1.82) is 0 Å². The van der Waals surface area contributed by atoms with Crippen LogP contribution in [0.4, 0.5) is 0 Å². The first-order chi connectivity index (χ1) is 7.97. The van der Waals surface area contributed by atoms with E-state index >= 15 is 0 Å². The van der Waals surface area contributed by atoms with E-state index in [1.54, 1.807) is 6.92 Å². The SMILES string of the molecule is CCC(C(N)=S)S(=O)(=O)NCC1CCCCC1. The summed E-state index contributed by atoms with van der Waals surface area (Å²) in [6.45, 7) is 2.31. The van der Waals surface area contributed by atoms with Gasteiger partial charge in [-0.3, -0.25) is 0 Å². The lowest BCUT2D eigenvalue weighted by Crippen LogP contribution is -2.43. The third-order valence-corrected chi connectivity index (χ3v) is 5.70. The van der Waals surface area contributed by atoms with E-state index in [1.807, 2.05) is 0 Å². The van der Waals surface area contributed by atoms with Crippen LogP contribution in [0.5, 0.6) is 0 Å². The second-order valence-electron chi connectivity index (χ2n) is 4.70. The fourth-order valence-electron chi connectivity index (χ4n) is 2.30. The molecule has 17 heavy (non-hydrogen) atoms. The van der Waals surface area contributed by atoms with Crippen molar-refractivity contribution in [2.45, 2.75) is 50.7 Å². The molecule has 0 aliphatic heterocycles. The molecule has 3 N–H and O–H groups in total. The van der Waals surface area contributed by atoms with Crippen molar-refractivity contribution in [2.24, 2.45) is 11.7 Å². The minimum absolute atomic E-state index is 0.0589. The Bertz CT molecular complexity index is 348. The highest BCUT2D eigenvalue weighted by atomic mass is 32.2. The minimum atomic E-state index is -3.39. The molecule has 1 aliphatic carbocycles. The molecular formula is C11H22N2O2S2. The highest BCUT2D eigenvalue weighted by Gasteiger charge is 2.27. The van der Waals surface area contributed by atoms with E-state index in [0.29, 0.717) is 18.9 Å². The van der Waals surface area contributed by atoms with Gasteiger partial charge in [0.1, 0.15) is 5.25 Å². The van der Waals surface area contributed by atoms with Crippen LogP contribution >= 0.6 is 12.2 Å². The fourth-order valence-corrected chi connectivity index (χ4v) is 4.26. The number of rotatable bonds is 6. The summed E-state index contributed by atoms with van der Waals surface area (Å²) in [7, 11) is -3.39. The molecule has 1 rings (SSSR count). The Morgan fingerprint density at radius 2 is 2.00 bits per heavy atom. The molecule has 0 aromatic heterocycles. The molecule has 0 amide bonds. The minimum Gasteiger partial charge on any atom is -0.392 e. The van der Waals surface area contributed by atoms with Crippen molar-refractivity contribution in [1.82, 2.24) is 4.72 Å². The lowest BCUT2D eigenvalue weighted by atomic mass is 9.90. The molecule has 1 saturated carbocycles. The van der Waals surface area contributed by atoms with Crippen molar-refractivity contribution in [3.05, 3.63) is 0 Å². The van der Waals surface area contributed by atoms with Crippen LogP contribution in [0, 0.1) is 5.92 Å². The monoisotopic (exact) mass is 278 g/mol. The van der Waals surface area contributed by atoms with E-state index in [4.69, 9.17) is 18.0 Å². The van der Waals surface area contributed by atoms with Gasteiger partial charge >= 0.3 is 0 Å². The van der Waals surface area contributed by atoms with E-state index in [1.165, 1.54) is 19.3 Å². The predicted molar refractivity (Wildman–Crippen MR) is 74.4 cm³/mol. The Balaban J connectivity index is 2.50. The standard InChI is InChI=1S/C11H22N2O2S2/c1-2-10(11(12)16)17(14,15)13-8-9-6-4-3-5-7-9/h9-10,13H,2-8H2,1H3,(H2,12,16).